The standard InChI is InChI=1S/C24H16Cl2N6O/c25-15-7-5-14(6-8-15)13-28-32-22(27)20(24(33)29-17-11-9-16(26)10-12-17)21-23(32)31-19-4-2-1-3-18(19)30-21/h1-13H,27H2,(H,29,33). The molecule has 0 bridgehead atoms. The Morgan fingerprint density at radius 3 is 2.18 bits per heavy atom. The fourth-order valence-corrected chi connectivity index (χ4v) is 3.64. The van der Waals surface area contributed by atoms with Crippen molar-refractivity contribution >= 4 is 69.0 Å². The molecule has 0 atom stereocenters. The van der Waals surface area contributed by atoms with Gasteiger partial charge in [-0.3, -0.25) is 4.79 Å². The Balaban J connectivity index is 1.65. The van der Waals surface area contributed by atoms with Crippen LogP contribution in [0.4, 0.5) is 11.5 Å². The normalized spacial score (nSPS) is 11.5. The number of halogens is 2. The Kier molecular flexibility index (Phi) is 5.42. The maximum Gasteiger partial charge on any atom is 0.261 e. The first kappa shape index (κ1) is 20.9. The average Bonchev–Trinajstić information content (AvgIpc) is 3.09. The Hall–Kier alpha value is -3.94. The number of rotatable bonds is 4. The molecule has 0 aliphatic heterocycles. The Bertz CT molecular complexity index is 1530. The maximum atomic E-state index is 13.2. The fourth-order valence-electron chi connectivity index (χ4n) is 3.39. The van der Waals surface area contributed by atoms with Crippen LogP contribution in [-0.4, -0.2) is 26.8 Å². The number of carbonyl (C=O) groups is 1. The van der Waals surface area contributed by atoms with Gasteiger partial charge in [-0.2, -0.15) is 9.78 Å². The molecule has 0 saturated heterocycles. The lowest BCUT2D eigenvalue weighted by Gasteiger charge is -2.05. The van der Waals surface area contributed by atoms with Crippen LogP contribution in [0.5, 0.6) is 0 Å². The van der Waals surface area contributed by atoms with Crippen LogP contribution >= 0.6 is 23.2 Å². The molecule has 1 amide bonds. The second-order valence-electron chi connectivity index (χ2n) is 7.21. The second-order valence-corrected chi connectivity index (χ2v) is 8.09. The van der Waals surface area contributed by atoms with E-state index in [0.29, 0.717) is 37.9 Å². The van der Waals surface area contributed by atoms with Crippen LogP contribution in [-0.2, 0) is 0 Å². The van der Waals surface area contributed by atoms with Gasteiger partial charge in [-0.1, -0.05) is 47.5 Å². The third-order valence-electron chi connectivity index (χ3n) is 5.00. The SMILES string of the molecule is Nc1c(C(=O)Nc2ccc(Cl)cc2)c2nc3ccccc3nc2n1N=Cc1ccc(Cl)cc1. The number of nitrogens with one attached hydrogen (secondary N) is 1. The highest BCUT2D eigenvalue weighted by atomic mass is 35.5. The second kappa shape index (κ2) is 8.54. The molecule has 0 aliphatic rings. The summed E-state index contributed by atoms with van der Waals surface area (Å²) in [6, 6.07) is 21.3. The number of nitrogens with zero attached hydrogens (tertiary/aromatic N) is 4. The quantitative estimate of drug-likeness (QED) is 0.330. The maximum absolute atomic E-state index is 13.2. The zero-order valence-corrected chi connectivity index (χ0v) is 18.5. The number of benzene rings is 3. The van der Waals surface area contributed by atoms with Crippen LogP contribution in [0.15, 0.2) is 77.9 Å². The van der Waals surface area contributed by atoms with Gasteiger partial charge >= 0.3 is 0 Å². The van der Waals surface area contributed by atoms with E-state index >= 15 is 0 Å². The van der Waals surface area contributed by atoms with E-state index in [2.05, 4.69) is 20.4 Å². The average molecular weight is 475 g/mol. The highest BCUT2D eigenvalue weighted by molar-refractivity contribution is 6.31. The third kappa shape index (κ3) is 4.11. The summed E-state index contributed by atoms with van der Waals surface area (Å²) in [5.41, 5.74) is 10.0. The van der Waals surface area contributed by atoms with Gasteiger partial charge in [-0.05, 0) is 54.1 Å². The van der Waals surface area contributed by atoms with Gasteiger partial charge in [0.05, 0.1) is 17.2 Å². The van der Waals surface area contributed by atoms with E-state index in [1.807, 2.05) is 36.4 Å². The van der Waals surface area contributed by atoms with Crippen LogP contribution in [0, 0.1) is 0 Å². The van der Waals surface area contributed by atoms with E-state index in [1.165, 1.54) is 4.68 Å². The zero-order valence-electron chi connectivity index (χ0n) is 17.0. The first-order chi connectivity index (χ1) is 16.0. The minimum absolute atomic E-state index is 0.122. The molecule has 0 fully saturated rings. The van der Waals surface area contributed by atoms with Gasteiger partial charge in [-0.15, -0.1) is 0 Å². The van der Waals surface area contributed by atoms with Crippen LogP contribution in [0.2, 0.25) is 10.0 Å². The molecule has 0 aliphatic carbocycles. The molecule has 3 aromatic carbocycles. The van der Waals surface area contributed by atoms with E-state index in [9.17, 15) is 4.79 Å². The summed E-state index contributed by atoms with van der Waals surface area (Å²) in [7, 11) is 0. The van der Waals surface area contributed by atoms with Crippen LogP contribution in [0.1, 0.15) is 15.9 Å². The molecule has 2 aromatic heterocycles. The van der Waals surface area contributed by atoms with Crippen LogP contribution < -0.4 is 11.1 Å². The first-order valence-corrected chi connectivity index (χ1v) is 10.7. The summed E-state index contributed by atoms with van der Waals surface area (Å²) in [4.78, 5) is 22.6. The predicted octanol–water partition coefficient (Wildman–Crippen LogP) is 5.61. The molecule has 0 spiro atoms. The highest BCUT2D eigenvalue weighted by Gasteiger charge is 2.24. The van der Waals surface area contributed by atoms with Crippen LogP contribution in [0.3, 0.4) is 0 Å². The molecule has 5 aromatic rings. The monoisotopic (exact) mass is 474 g/mol. The van der Waals surface area contributed by atoms with Crippen molar-refractivity contribution in [2.24, 2.45) is 5.10 Å². The third-order valence-corrected chi connectivity index (χ3v) is 5.50. The molecule has 0 saturated carbocycles. The van der Waals surface area contributed by atoms with Gasteiger partial charge in [-0.25, -0.2) is 9.97 Å². The number of fused-ring (bicyclic) bond motifs is 2. The lowest BCUT2D eigenvalue weighted by molar-refractivity contribution is 0.102. The molecular formula is C24H16Cl2N6O. The van der Waals surface area contributed by atoms with E-state index < -0.39 is 5.91 Å². The van der Waals surface area contributed by atoms with E-state index in [1.54, 1.807) is 42.6 Å². The van der Waals surface area contributed by atoms with Crippen LogP contribution in [0.25, 0.3) is 22.2 Å². The van der Waals surface area contributed by atoms with Crippen molar-refractivity contribution in [2.45, 2.75) is 0 Å². The molecule has 7 nitrogen and oxygen atoms in total. The van der Waals surface area contributed by atoms with Crippen molar-refractivity contribution in [3.63, 3.8) is 0 Å². The zero-order chi connectivity index (χ0) is 22.9. The largest absolute Gasteiger partial charge is 0.383 e. The van der Waals surface area contributed by atoms with Crippen molar-refractivity contribution < 1.29 is 4.79 Å². The van der Waals surface area contributed by atoms with Gasteiger partial charge in [0.2, 0.25) is 0 Å². The summed E-state index contributed by atoms with van der Waals surface area (Å²) in [6.45, 7) is 0. The summed E-state index contributed by atoms with van der Waals surface area (Å²) in [5.74, 6) is -0.304. The molecule has 5 rings (SSSR count). The van der Waals surface area contributed by atoms with Gasteiger partial charge in [0.15, 0.2) is 5.65 Å². The molecular weight excluding hydrogens is 459 g/mol. The summed E-state index contributed by atoms with van der Waals surface area (Å²) in [5, 5.41) is 8.51. The number of nitrogen functional groups attached to an aromatic ring is 1. The van der Waals surface area contributed by atoms with Gasteiger partial charge in [0, 0.05) is 15.7 Å². The van der Waals surface area contributed by atoms with E-state index in [4.69, 9.17) is 28.9 Å². The lowest BCUT2D eigenvalue weighted by Crippen LogP contribution is -2.14. The minimum Gasteiger partial charge on any atom is -0.383 e. The number of carbonyl (C=O) groups excluding carboxylic acids is 1. The summed E-state index contributed by atoms with van der Waals surface area (Å²) >= 11 is 11.9. The molecule has 3 N–H and O–H groups in total. The number of hydrogen-bond donors (Lipinski definition) is 2. The predicted molar refractivity (Wildman–Crippen MR) is 133 cm³/mol. The Morgan fingerprint density at radius 2 is 1.52 bits per heavy atom. The summed E-state index contributed by atoms with van der Waals surface area (Å²) in [6.07, 6.45) is 1.61. The molecule has 2 heterocycles. The Morgan fingerprint density at radius 1 is 0.909 bits per heavy atom. The van der Waals surface area contributed by atoms with Crippen molar-refractivity contribution in [1.82, 2.24) is 14.6 Å². The van der Waals surface area contributed by atoms with Gasteiger partial charge < -0.3 is 11.1 Å². The van der Waals surface area contributed by atoms with Gasteiger partial charge in [0.1, 0.15) is 16.9 Å². The van der Waals surface area contributed by atoms with E-state index in [0.717, 1.165) is 5.56 Å². The Labute approximate surface area is 198 Å². The first-order valence-electron chi connectivity index (χ1n) is 9.93. The number of para-hydroxylation sites is 2. The number of nitrogens with two attached hydrogens (primary N) is 1. The van der Waals surface area contributed by atoms with Crippen molar-refractivity contribution in [2.75, 3.05) is 11.1 Å². The number of anilines is 2. The minimum atomic E-state index is -0.426. The molecule has 33 heavy (non-hydrogen) atoms. The number of aromatic nitrogens is 3. The molecule has 0 unspecified atom stereocenters. The smallest absolute Gasteiger partial charge is 0.261 e. The number of hydrogen-bond acceptors (Lipinski definition) is 5. The molecule has 0 radical (unpaired) electrons. The summed E-state index contributed by atoms with van der Waals surface area (Å²) < 4.78 is 1.42. The van der Waals surface area contributed by atoms with Gasteiger partial charge in [0.25, 0.3) is 5.91 Å². The van der Waals surface area contributed by atoms with Crippen molar-refractivity contribution in [1.29, 1.82) is 0 Å². The van der Waals surface area contributed by atoms with Crippen molar-refractivity contribution in [3.05, 3.63) is 94.0 Å². The van der Waals surface area contributed by atoms with Crippen molar-refractivity contribution in [3.8, 4) is 0 Å². The number of amides is 1. The van der Waals surface area contributed by atoms with E-state index in [-0.39, 0.29) is 11.4 Å². The topological polar surface area (TPSA) is 98.2 Å². The highest BCUT2D eigenvalue weighted by Crippen LogP contribution is 2.29. The fraction of sp³-hybridized carbons (Fsp3) is 0. The lowest BCUT2D eigenvalue weighted by atomic mass is 10.2. The molecule has 162 valence electrons. The molecule has 9 heteroatoms.